The van der Waals surface area contributed by atoms with Crippen molar-refractivity contribution in [2.75, 3.05) is 0 Å². The first-order chi connectivity index (χ1) is 12.8. The zero-order chi connectivity index (χ0) is 19.7. The number of amides is 1. The van der Waals surface area contributed by atoms with Gasteiger partial charge in [-0.1, -0.05) is 0 Å². The average Bonchev–Trinajstić information content (AvgIpc) is 3.13. The normalized spacial score (nSPS) is 23.2. The van der Waals surface area contributed by atoms with Crippen LogP contribution in [-0.2, 0) is 4.79 Å². The highest BCUT2D eigenvalue weighted by atomic mass is 16.4. The molecule has 1 saturated heterocycles. The van der Waals surface area contributed by atoms with Crippen LogP contribution in [0.2, 0.25) is 0 Å². The third-order valence-corrected chi connectivity index (χ3v) is 5.01. The molecule has 3 atom stereocenters. The molecular weight excluding hydrogens is 346 g/mol. The SMILES string of the molecule is Cc1cc(C)n(-c2ccc(C(=O)NC(C(=O)O)C3C(C)NNC3C)cc2)n1. The summed E-state index contributed by atoms with van der Waals surface area (Å²) in [5.41, 5.74) is 9.22. The number of carbonyl (C=O) groups excluding carboxylic acids is 1. The van der Waals surface area contributed by atoms with Crippen LogP contribution in [0.15, 0.2) is 30.3 Å². The number of hydrazine groups is 1. The van der Waals surface area contributed by atoms with Gasteiger partial charge in [-0.15, -0.1) is 0 Å². The van der Waals surface area contributed by atoms with Gasteiger partial charge in [0.1, 0.15) is 6.04 Å². The van der Waals surface area contributed by atoms with Crippen molar-refractivity contribution in [1.29, 1.82) is 0 Å². The van der Waals surface area contributed by atoms with Crippen LogP contribution in [0, 0.1) is 19.8 Å². The van der Waals surface area contributed by atoms with Gasteiger partial charge in [-0.05, 0) is 58.0 Å². The van der Waals surface area contributed by atoms with Crippen LogP contribution in [0.25, 0.3) is 5.69 Å². The summed E-state index contributed by atoms with van der Waals surface area (Å²) in [6, 6.07) is 7.80. The number of nitrogens with one attached hydrogen (secondary N) is 3. The molecule has 0 radical (unpaired) electrons. The molecule has 0 bridgehead atoms. The van der Waals surface area contributed by atoms with Crippen LogP contribution in [-0.4, -0.2) is 44.9 Å². The van der Waals surface area contributed by atoms with E-state index >= 15 is 0 Å². The summed E-state index contributed by atoms with van der Waals surface area (Å²) in [4.78, 5) is 24.4. The number of carboxylic acid groups (broad SMARTS) is 1. The van der Waals surface area contributed by atoms with Crippen molar-refractivity contribution >= 4 is 11.9 Å². The Morgan fingerprint density at radius 3 is 2.22 bits per heavy atom. The second-order valence-corrected chi connectivity index (χ2v) is 7.12. The number of aromatic nitrogens is 2. The molecule has 4 N–H and O–H groups in total. The van der Waals surface area contributed by atoms with E-state index in [0.29, 0.717) is 5.56 Å². The molecule has 3 unspecified atom stereocenters. The highest BCUT2D eigenvalue weighted by Gasteiger charge is 2.41. The maximum Gasteiger partial charge on any atom is 0.326 e. The van der Waals surface area contributed by atoms with Crippen molar-refractivity contribution in [3.8, 4) is 5.69 Å². The third-order valence-electron chi connectivity index (χ3n) is 5.01. The van der Waals surface area contributed by atoms with E-state index in [-0.39, 0.29) is 18.0 Å². The molecule has 8 heteroatoms. The van der Waals surface area contributed by atoms with E-state index in [1.165, 1.54) is 0 Å². The molecule has 8 nitrogen and oxygen atoms in total. The molecule has 1 aromatic carbocycles. The van der Waals surface area contributed by atoms with Crippen molar-refractivity contribution in [2.45, 2.75) is 45.8 Å². The number of hydrogen-bond donors (Lipinski definition) is 4. The molecule has 3 rings (SSSR count). The van der Waals surface area contributed by atoms with Gasteiger partial charge in [0, 0.05) is 29.3 Å². The lowest BCUT2D eigenvalue weighted by molar-refractivity contribution is -0.141. The molecule has 2 heterocycles. The number of aliphatic carboxylic acids is 1. The summed E-state index contributed by atoms with van der Waals surface area (Å²) < 4.78 is 1.80. The Labute approximate surface area is 157 Å². The van der Waals surface area contributed by atoms with E-state index < -0.39 is 17.9 Å². The minimum atomic E-state index is -1.04. The number of rotatable bonds is 5. The summed E-state index contributed by atoms with van der Waals surface area (Å²) in [5, 5.41) is 16.7. The number of aryl methyl sites for hydroxylation is 2. The van der Waals surface area contributed by atoms with Gasteiger partial charge in [-0.2, -0.15) is 5.10 Å². The predicted octanol–water partition coefficient (Wildman–Crippen LogP) is 1.17. The quantitative estimate of drug-likeness (QED) is 0.628. The molecule has 1 aromatic heterocycles. The van der Waals surface area contributed by atoms with Gasteiger partial charge >= 0.3 is 5.97 Å². The largest absolute Gasteiger partial charge is 0.480 e. The number of hydrogen-bond acceptors (Lipinski definition) is 5. The van der Waals surface area contributed by atoms with Gasteiger partial charge in [0.15, 0.2) is 0 Å². The summed E-state index contributed by atoms with van der Waals surface area (Å²) in [6.07, 6.45) is 0. The molecule has 2 aromatic rings. The van der Waals surface area contributed by atoms with Crippen LogP contribution >= 0.6 is 0 Å². The Kier molecular flexibility index (Phi) is 5.29. The van der Waals surface area contributed by atoms with E-state index in [1.807, 2.05) is 33.8 Å². The van der Waals surface area contributed by atoms with Crippen LogP contribution in [0.4, 0.5) is 0 Å². The first kappa shape index (κ1) is 19.1. The molecule has 144 valence electrons. The fourth-order valence-electron chi connectivity index (χ4n) is 3.66. The van der Waals surface area contributed by atoms with Crippen molar-refractivity contribution in [1.82, 2.24) is 25.9 Å². The molecule has 1 aliphatic rings. The maximum atomic E-state index is 12.6. The lowest BCUT2D eigenvalue weighted by Crippen LogP contribution is -2.51. The zero-order valence-electron chi connectivity index (χ0n) is 15.9. The van der Waals surface area contributed by atoms with Crippen molar-refractivity contribution < 1.29 is 14.7 Å². The minimum Gasteiger partial charge on any atom is -0.480 e. The lowest BCUT2D eigenvalue weighted by Gasteiger charge is -2.26. The Morgan fingerprint density at radius 1 is 1.15 bits per heavy atom. The predicted molar refractivity (Wildman–Crippen MR) is 101 cm³/mol. The summed E-state index contributed by atoms with van der Waals surface area (Å²) >= 11 is 0. The Bertz CT molecular complexity index is 836. The summed E-state index contributed by atoms with van der Waals surface area (Å²) in [6.45, 7) is 7.68. The molecule has 0 saturated carbocycles. The van der Waals surface area contributed by atoms with Crippen LogP contribution < -0.4 is 16.2 Å². The van der Waals surface area contributed by atoms with Crippen molar-refractivity contribution in [2.24, 2.45) is 5.92 Å². The van der Waals surface area contributed by atoms with Crippen molar-refractivity contribution in [3.05, 3.63) is 47.3 Å². The summed E-state index contributed by atoms with van der Waals surface area (Å²) in [7, 11) is 0. The van der Waals surface area contributed by atoms with Gasteiger partial charge in [0.25, 0.3) is 5.91 Å². The molecule has 0 spiro atoms. The lowest BCUT2D eigenvalue weighted by atomic mass is 9.88. The van der Waals surface area contributed by atoms with Crippen molar-refractivity contribution in [3.63, 3.8) is 0 Å². The van der Waals surface area contributed by atoms with Gasteiger partial charge in [-0.3, -0.25) is 15.6 Å². The highest BCUT2D eigenvalue weighted by Crippen LogP contribution is 2.20. The topological polar surface area (TPSA) is 108 Å². The molecule has 1 fully saturated rings. The van der Waals surface area contributed by atoms with E-state index in [0.717, 1.165) is 17.1 Å². The minimum absolute atomic E-state index is 0.0743. The fourth-order valence-corrected chi connectivity index (χ4v) is 3.66. The zero-order valence-corrected chi connectivity index (χ0v) is 15.9. The standard InChI is InChI=1S/C19H25N5O3/c1-10-9-11(2)24(23-10)15-7-5-14(6-8-15)18(25)20-17(19(26)27)16-12(3)21-22-13(16)4/h5-9,12-13,16-17,21-22H,1-4H3,(H,20,25)(H,26,27). The number of benzene rings is 1. The molecule has 0 aliphatic carbocycles. The molecule has 1 amide bonds. The second kappa shape index (κ2) is 7.50. The van der Waals surface area contributed by atoms with E-state index in [2.05, 4.69) is 21.3 Å². The van der Waals surface area contributed by atoms with E-state index in [9.17, 15) is 14.7 Å². The van der Waals surface area contributed by atoms with Gasteiger partial charge in [-0.25, -0.2) is 9.48 Å². The molecule has 27 heavy (non-hydrogen) atoms. The number of nitrogens with zero attached hydrogens (tertiary/aromatic N) is 2. The first-order valence-electron chi connectivity index (χ1n) is 8.96. The number of carboxylic acids is 1. The fraction of sp³-hybridized carbons (Fsp3) is 0.421. The number of carbonyl (C=O) groups is 2. The second-order valence-electron chi connectivity index (χ2n) is 7.12. The van der Waals surface area contributed by atoms with Gasteiger partial charge in [0.05, 0.1) is 11.4 Å². The maximum absolute atomic E-state index is 12.6. The smallest absolute Gasteiger partial charge is 0.326 e. The Hall–Kier alpha value is -2.71. The van der Waals surface area contributed by atoms with E-state index in [4.69, 9.17) is 0 Å². The van der Waals surface area contributed by atoms with Crippen LogP contribution in [0.5, 0.6) is 0 Å². The Morgan fingerprint density at radius 2 is 1.74 bits per heavy atom. The van der Waals surface area contributed by atoms with Crippen LogP contribution in [0.3, 0.4) is 0 Å². The van der Waals surface area contributed by atoms with Gasteiger partial charge in [0.2, 0.25) is 0 Å². The monoisotopic (exact) mass is 371 g/mol. The van der Waals surface area contributed by atoms with Crippen LogP contribution in [0.1, 0.15) is 35.6 Å². The Balaban J connectivity index is 1.77. The average molecular weight is 371 g/mol. The first-order valence-corrected chi connectivity index (χ1v) is 8.96. The molecular formula is C19H25N5O3. The van der Waals surface area contributed by atoms with E-state index in [1.54, 1.807) is 28.9 Å². The highest BCUT2D eigenvalue weighted by molar-refractivity contribution is 5.96. The van der Waals surface area contributed by atoms with Gasteiger partial charge < -0.3 is 10.4 Å². The third kappa shape index (κ3) is 3.86. The molecule has 1 aliphatic heterocycles. The summed E-state index contributed by atoms with van der Waals surface area (Å²) in [5.74, 6) is -1.72.